The third kappa shape index (κ3) is 4.79. The van der Waals surface area contributed by atoms with Crippen LogP contribution in [0.5, 0.6) is 0 Å². The molecule has 31 heavy (non-hydrogen) atoms. The second kappa shape index (κ2) is 9.07. The van der Waals surface area contributed by atoms with Crippen molar-refractivity contribution in [1.29, 1.82) is 0 Å². The summed E-state index contributed by atoms with van der Waals surface area (Å²) < 4.78 is 0. The maximum Gasteiger partial charge on any atom is 0.251 e. The molecule has 1 atom stereocenters. The van der Waals surface area contributed by atoms with Gasteiger partial charge in [0.1, 0.15) is 0 Å². The second-order valence-corrected chi connectivity index (χ2v) is 7.56. The van der Waals surface area contributed by atoms with Crippen molar-refractivity contribution in [3.05, 3.63) is 83.9 Å². The predicted octanol–water partition coefficient (Wildman–Crippen LogP) is 4.85. The first-order valence-electron chi connectivity index (χ1n) is 9.42. The van der Waals surface area contributed by atoms with Gasteiger partial charge in [0.05, 0.1) is 11.4 Å². The highest BCUT2D eigenvalue weighted by atomic mass is 35.5. The fourth-order valence-electron chi connectivity index (χ4n) is 3.04. The Balaban J connectivity index is 1.49. The van der Waals surface area contributed by atoms with Crippen LogP contribution in [0.25, 0.3) is 0 Å². The number of carbonyl (C=O) groups is 2. The molecule has 1 aliphatic rings. The number of benzene rings is 3. The summed E-state index contributed by atoms with van der Waals surface area (Å²) in [4.78, 5) is 30.9. The lowest BCUT2D eigenvalue weighted by molar-refractivity contribution is -0.130. The molecule has 0 saturated carbocycles. The van der Waals surface area contributed by atoms with Gasteiger partial charge >= 0.3 is 0 Å². The third-order valence-corrected chi connectivity index (χ3v) is 5.13. The Morgan fingerprint density at radius 1 is 0.935 bits per heavy atom. The lowest BCUT2D eigenvalue weighted by Gasteiger charge is -2.30. The number of para-hydroxylation sites is 1. The minimum Gasteiger partial charge on any atom is -0.356 e. The van der Waals surface area contributed by atoms with Crippen LogP contribution in [-0.4, -0.2) is 23.1 Å². The molecule has 1 saturated heterocycles. The Hall–Kier alpha value is -3.55. The molecule has 2 amide bonds. The molecule has 4 rings (SSSR count). The van der Waals surface area contributed by atoms with Gasteiger partial charge in [-0.2, -0.15) is 0 Å². The molecule has 0 aromatic heterocycles. The van der Waals surface area contributed by atoms with Crippen molar-refractivity contribution < 1.29 is 9.59 Å². The number of thiocarbonyl (C=S) groups is 1. The van der Waals surface area contributed by atoms with E-state index in [-0.39, 0.29) is 5.11 Å². The molecule has 0 aliphatic carbocycles. The number of aliphatic imine (C=N–C) groups is 1. The van der Waals surface area contributed by atoms with Crippen LogP contribution >= 0.6 is 23.8 Å². The molecule has 1 heterocycles. The molecule has 0 spiro atoms. The maximum atomic E-state index is 13.0. The van der Waals surface area contributed by atoms with Gasteiger partial charge in [0.25, 0.3) is 5.91 Å². The topological polar surface area (TPSA) is 73.8 Å². The van der Waals surface area contributed by atoms with Crippen molar-refractivity contribution in [1.82, 2.24) is 5.32 Å². The number of carbonyl (C=O) groups excluding carboxylic acids is 2. The van der Waals surface area contributed by atoms with Gasteiger partial charge in [0.15, 0.2) is 11.0 Å². The van der Waals surface area contributed by atoms with Crippen LogP contribution in [0, 0.1) is 5.92 Å². The van der Waals surface area contributed by atoms with E-state index in [1.54, 1.807) is 36.4 Å². The van der Waals surface area contributed by atoms with E-state index in [0.29, 0.717) is 16.4 Å². The molecule has 3 aromatic carbocycles. The average molecular weight is 449 g/mol. The lowest BCUT2D eigenvalue weighted by Crippen LogP contribution is -2.58. The SMILES string of the molecule is O=C1NC(=S)N(c2ccc(Cl)cc2)C(=O)[C@H]1C=Nc1ccc(Nc2ccccc2)cc1. The Morgan fingerprint density at radius 3 is 2.26 bits per heavy atom. The zero-order chi connectivity index (χ0) is 21.8. The van der Waals surface area contributed by atoms with E-state index in [4.69, 9.17) is 23.8 Å². The van der Waals surface area contributed by atoms with E-state index < -0.39 is 17.7 Å². The van der Waals surface area contributed by atoms with Crippen molar-refractivity contribution >= 4 is 69.7 Å². The van der Waals surface area contributed by atoms with Crippen LogP contribution in [-0.2, 0) is 9.59 Å². The van der Waals surface area contributed by atoms with Crippen LogP contribution in [0.1, 0.15) is 0 Å². The molecule has 1 aliphatic heterocycles. The van der Waals surface area contributed by atoms with Gasteiger partial charge in [-0.15, -0.1) is 0 Å². The summed E-state index contributed by atoms with van der Waals surface area (Å²) in [5, 5.41) is 6.40. The third-order valence-electron chi connectivity index (χ3n) is 4.59. The molecule has 0 unspecified atom stereocenters. The van der Waals surface area contributed by atoms with Crippen molar-refractivity contribution in [3.8, 4) is 0 Å². The van der Waals surface area contributed by atoms with E-state index in [1.165, 1.54) is 11.1 Å². The van der Waals surface area contributed by atoms with Gasteiger partial charge in [0.2, 0.25) is 5.91 Å². The van der Waals surface area contributed by atoms with Crippen LogP contribution in [0.15, 0.2) is 83.9 Å². The molecule has 0 radical (unpaired) electrons. The normalized spacial score (nSPS) is 16.5. The van der Waals surface area contributed by atoms with Crippen LogP contribution in [0.4, 0.5) is 22.7 Å². The summed E-state index contributed by atoms with van der Waals surface area (Å²) in [5.41, 5.74) is 3.01. The smallest absolute Gasteiger partial charge is 0.251 e. The standard InChI is InChI=1S/C23H17ClN4O2S/c24-15-6-12-19(13-7-15)28-22(30)20(21(29)27-23(28)31)14-25-16-8-10-18(11-9-16)26-17-4-2-1-3-5-17/h1-14,20,26H,(H,27,29,31)/t20-/m0/s1. The number of nitrogens with zero attached hydrogens (tertiary/aromatic N) is 2. The molecule has 3 aromatic rings. The highest BCUT2D eigenvalue weighted by molar-refractivity contribution is 7.80. The largest absolute Gasteiger partial charge is 0.356 e. The first-order valence-corrected chi connectivity index (χ1v) is 10.2. The van der Waals surface area contributed by atoms with E-state index >= 15 is 0 Å². The zero-order valence-corrected chi connectivity index (χ0v) is 17.7. The predicted molar refractivity (Wildman–Crippen MR) is 127 cm³/mol. The van der Waals surface area contributed by atoms with Crippen LogP contribution in [0.2, 0.25) is 5.02 Å². The van der Waals surface area contributed by atoms with Gasteiger partial charge in [-0.05, 0) is 72.9 Å². The summed E-state index contributed by atoms with van der Waals surface area (Å²) in [6, 6.07) is 23.8. The Morgan fingerprint density at radius 2 is 1.58 bits per heavy atom. The number of halogens is 1. The zero-order valence-electron chi connectivity index (χ0n) is 16.2. The van der Waals surface area contributed by atoms with Gasteiger partial charge in [-0.25, -0.2) is 0 Å². The van der Waals surface area contributed by atoms with E-state index in [0.717, 1.165) is 11.4 Å². The van der Waals surface area contributed by atoms with Crippen molar-refractivity contribution in [2.75, 3.05) is 10.2 Å². The number of nitrogens with one attached hydrogen (secondary N) is 2. The number of anilines is 3. The van der Waals surface area contributed by atoms with Gasteiger partial charge < -0.3 is 10.6 Å². The molecule has 8 heteroatoms. The minimum atomic E-state index is -1.09. The molecule has 2 N–H and O–H groups in total. The number of amides is 2. The van der Waals surface area contributed by atoms with E-state index in [2.05, 4.69) is 15.6 Å². The van der Waals surface area contributed by atoms with Gasteiger partial charge in [-0.1, -0.05) is 29.8 Å². The molecule has 6 nitrogen and oxygen atoms in total. The maximum absolute atomic E-state index is 13.0. The summed E-state index contributed by atoms with van der Waals surface area (Å²) in [5.74, 6) is -2.07. The molecular weight excluding hydrogens is 432 g/mol. The number of hydrogen-bond donors (Lipinski definition) is 2. The highest BCUT2D eigenvalue weighted by Crippen LogP contribution is 2.24. The first kappa shape index (κ1) is 20.7. The summed E-state index contributed by atoms with van der Waals surface area (Å²) in [7, 11) is 0. The van der Waals surface area contributed by atoms with Gasteiger partial charge in [-0.3, -0.25) is 19.5 Å². The molecular formula is C23H17ClN4O2S. The highest BCUT2D eigenvalue weighted by Gasteiger charge is 2.38. The summed E-state index contributed by atoms with van der Waals surface area (Å²) in [6.45, 7) is 0. The Kier molecular flexibility index (Phi) is 6.06. The average Bonchev–Trinajstić information content (AvgIpc) is 2.76. The Bertz CT molecular complexity index is 1150. The van der Waals surface area contributed by atoms with Crippen molar-refractivity contribution in [3.63, 3.8) is 0 Å². The second-order valence-electron chi connectivity index (χ2n) is 6.74. The number of rotatable bonds is 5. The van der Waals surface area contributed by atoms with Crippen molar-refractivity contribution in [2.24, 2.45) is 10.9 Å². The lowest BCUT2D eigenvalue weighted by atomic mass is 10.1. The molecule has 1 fully saturated rings. The Labute approximate surface area is 189 Å². The fraction of sp³-hybridized carbons (Fsp3) is 0.0435. The van der Waals surface area contributed by atoms with Crippen LogP contribution < -0.4 is 15.5 Å². The summed E-state index contributed by atoms with van der Waals surface area (Å²) in [6.07, 6.45) is 1.34. The molecule has 0 bridgehead atoms. The van der Waals surface area contributed by atoms with Crippen molar-refractivity contribution in [2.45, 2.75) is 0 Å². The monoisotopic (exact) mass is 448 g/mol. The van der Waals surface area contributed by atoms with E-state index in [9.17, 15) is 9.59 Å². The summed E-state index contributed by atoms with van der Waals surface area (Å²) >= 11 is 11.1. The number of hydrogen-bond acceptors (Lipinski definition) is 5. The molecule has 154 valence electrons. The van der Waals surface area contributed by atoms with Gasteiger partial charge in [0, 0.05) is 22.6 Å². The quantitative estimate of drug-likeness (QED) is 0.332. The fourth-order valence-corrected chi connectivity index (χ4v) is 3.46. The van der Waals surface area contributed by atoms with E-state index in [1.807, 2.05) is 42.5 Å². The van der Waals surface area contributed by atoms with Crippen LogP contribution in [0.3, 0.4) is 0 Å². The first-order chi connectivity index (χ1) is 15.0. The minimum absolute atomic E-state index is 0.0262.